The smallest absolute Gasteiger partial charge is 0.273 e. The molecule has 1 aliphatic rings. The van der Waals surface area contributed by atoms with Gasteiger partial charge < -0.3 is 4.90 Å². The number of carbonyl (C=O) groups excluding carboxylic acids is 1. The van der Waals surface area contributed by atoms with Crippen LogP contribution in [0, 0.1) is 6.92 Å². The Morgan fingerprint density at radius 2 is 1.93 bits per heavy atom. The molecule has 0 radical (unpaired) electrons. The van der Waals surface area contributed by atoms with Gasteiger partial charge in [-0.2, -0.15) is 5.10 Å². The number of aryl methyl sites for hydroxylation is 1. The van der Waals surface area contributed by atoms with Gasteiger partial charge in [-0.1, -0.05) is 64.0 Å². The van der Waals surface area contributed by atoms with Crippen LogP contribution in [0.25, 0.3) is 11.3 Å². The van der Waals surface area contributed by atoms with Gasteiger partial charge in [0, 0.05) is 34.5 Å². The quantitative estimate of drug-likeness (QED) is 0.451. The Bertz CT molecular complexity index is 1220. The molecule has 4 aromatic rings. The largest absolute Gasteiger partial charge is 0.322 e. The van der Waals surface area contributed by atoms with Crippen molar-refractivity contribution in [3.63, 3.8) is 0 Å². The molecule has 1 atom stereocenters. The number of pyridine rings is 1. The van der Waals surface area contributed by atoms with E-state index in [1.807, 2.05) is 29.2 Å². The molecular weight excluding hydrogens is 440 g/mol. The zero-order valence-corrected chi connectivity index (χ0v) is 17.9. The summed E-state index contributed by atoms with van der Waals surface area (Å²) in [6.45, 7) is 2.53. The molecule has 1 N–H and O–H groups in total. The van der Waals surface area contributed by atoms with Gasteiger partial charge in [0.1, 0.15) is 5.69 Å². The van der Waals surface area contributed by atoms with Crippen molar-refractivity contribution in [2.75, 3.05) is 0 Å². The summed E-state index contributed by atoms with van der Waals surface area (Å²) in [5.41, 5.74) is 6.50. The lowest BCUT2D eigenvalue weighted by Gasteiger charge is -2.26. The van der Waals surface area contributed by atoms with E-state index in [4.69, 9.17) is 0 Å². The first-order chi connectivity index (χ1) is 14.6. The topological polar surface area (TPSA) is 61.9 Å². The van der Waals surface area contributed by atoms with Gasteiger partial charge in [0.05, 0.1) is 11.7 Å². The minimum atomic E-state index is -0.236. The Kier molecular flexibility index (Phi) is 4.71. The van der Waals surface area contributed by atoms with E-state index >= 15 is 0 Å². The van der Waals surface area contributed by atoms with Gasteiger partial charge in [-0.15, -0.1) is 0 Å². The van der Waals surface area contributed by atoms with E-state index in [0.29, 0.717) is 12.2 Å². The molecule has 1 unspecified atom stereocenters. The molecule has 2 aromatic carbocycles. The standard InChI is InChI=1S/C24H19BrN4O/c1-15-7-9-17(10-8-15)21-20-22(28-27-21)24(30)29(14-16-4-3-11-26-13-16)23(20)18-5-2-6-19(25)12-18/h2-13,23H,14H2,1H3,(H,27,28). The first-order valence-electron chi connectivity index (χ1n) is 9.72. The van der Waals surface area contributed by atoms with Crippen molar-refractivity contribution in [2.24, 2.45) is 0 Å². The number of halogens is 1. The number of H-pyrrole nitrogens is 1. The highest BCUT2D eigenvalue weighted by molar-refractivity contribution is 9.10. The molecular formula is C24H19BrN4O. The summed E-state index contributed by atoms with van der Waals surface area (Å²) in [7, 11) is 0. The Balaban J connectivity index is 1.66. The van der Waals surface area contributed by atoms with Gasteiger partial charge >= 0.3 is 0 Å². The lowest BCUT2D eigenvalue weighted by atomic mass is 9.95. The van der Waals surface area contributed by atoms with Crippen LogP contribution in [-0.4, -0.2) is 26.0 Å². The lowest BCUT2D eigenvalue weighted by Crippen LogP contribution is -2.29. The number of amides is 1. The second kappa shape index (κ2) is 7.54. The molecule has 30 heavy (non-hydrogen) atoms. The monoisotopic (exact) mass is 458 g/mol. The van der Waals surface area contributed by atoms with Crippen LogP contribution in [-0.2, 0) is 6.54 Å². The van der Waals surface area contributed by atoms with Crippen molar-refractivity contribution >= 4 is 21.8 Å². The molecule has 0 aliphatic carbocycles. The number of rotatable bonds is 4. The van der Waals surface area contributed by atoms with E-state index in [1.54, 1.807) is 12.4 Å². The second-order valence-electron chi connectivity index (χ2n) is 7.48. The number of aromatic amines is 1. The van der Waals surface area contributed by atoms with E-state index in [2.05, 4.69) is 74.4 Å². The molecule has 0 saturated heterocycles. The van der Waals surface area contributed by atoms with Crippen LogP contribution in [0.2, 0.25) is 0 Å². The maximum Gasteiger partial charge on any atom is 0.273 e. The summed E-state index contributed by atoms with van der Waals surface area (Å²) in [4.78, 5) is 19.5. The lowest BCUT2D eigenvalue weighted by molar-refractivity contribution is 0.0730. The number of nitrogens with one attached hydrogen (secondary N) is 1. The Labute approximate surface area is 182 Å². The Morgan fingerprint density at radius 3 is 2.67 bits per heavy atom. The van der Waals surface area contributed by atoms with E-state index in [1.165, 1.54) is 5.56 Å². The van der Waals surface area contributed by atoms with Crippen LogP contribution in [0.15, 0.2) is 77.5 Å². The average Bonchev–Trinajstić information content (AvgIpc) is 3.29. The second-order valence-corrected chi connectivity index (χ2v) is 8.39. The van der Waals surface area contributed by atoms with Gasteiger partial charge in [-0.3, -0.25) is 14.9 Å². The molecule has 1 amide bonds. The predicted octanol–water partition coefficient (Wildman–Crippen LogP) is 5.29. The molecule has 5 nitrogen and oxygen atoms in total. The third-order valence-electron chi connectivity index (χ3n) is 5.43. The number of fused-ring (bicyclic) bond motifs is 1. The van der Waals surface area contributed by atoms with Crippen LogP contribution < -0.4 is 0 Å². The average molecular weight is 459 g/mol. The van der Waals surface area contributed by atoms with Crippen molar-refractivity contribution in [1.82, 2.24) is 20.1 Å². The molecule has 6 heteroatoms. The summed E-state index contributed by atoms with van der Waals surface area (Å²) >= 11 is 3.58. The molecule has 0 fully saturated rings. The molecule has 0 saturated carbocycles. The Hall–Kier alpha value is -3.25. The van der Waals surface area contributed by atoms with E-state index in [9.17, 15) is 4.79 Å². The van der Waals surface area contributed by atoms with Crippen LogP contribution >= 0.6 is 15.9 Å². The number of aromatic nitrogens is 3. The minimum absolute atomic E-state index is 0.0512. The van der Waals surface area contributed by atoms with Crippen molar-refractivity contribution in [3.8, 4) is 11.3 Å². The molecule has 2 aromatic heterocycles. The van der Waals surface area contributed by atoms with E-state index in [0.717, 1.165) is 32.4 Å². The fourth-order valence-corrected chi connectivity index (χ4v) is 4.42. The van der Waals surface area contributed by atoms with Gasteiger partial charge in [0.15, 0.2) is 0 Å². The highest BCUT2D eigenvalue weighted by atomic mass is 79.9. The molecule has 5 rings (SSSR count). The van der Waals surface area contributed by atoms with Gasteiger partial charge in [-0.25, -0.2) is 0 Å². The molecule has 0 spiro atoms. The zero-order chi connectivity index (χ0) is 20.7. The Morgan fingerprint density at radius 1 is 1.10 bits per heavy atom. The number of benzene rings is 2. The van der Waals surface area contributed by atoms with Crippen LogP contribution in [0.4, 0.5) is 0 Å². The SMILES string of the molecule is Cc1ccc(-c2n[nH]c3c2C(c2cccc(Br)c2)N(Cc2cccnc2)C3=O)cc1. The number of hydrogen-bond acceptors (Lipinski definition) is 3. The normalized spacial score (nSPS) is 15.5. The highest BCUT2D eigenvalue weighted by Crippen LogP contribution is 2.43. The van der Waals surface area contributed by atoms with Crippen LogP contribution in [0.3, 0.4) is 0 Å². The molecule has 1 aliphatic heterocycles. The van der Waals surface area contributed by atoms with E-state index < -0.39 is 0 Å². The van der Waals surface area contributed by atoms with E-state index in [-0.39, 0.29) is 11.9 Å². The third kappa shape index (κ3) is 3.23. The summed E-state index contributed by atoms with van der Waals surface area (Å²) in [5.74, 6) is -0.0512. The van der Waals surface area contributed by atoms with Crippen molar-refractivity contribution in [1.29, 1.82) is 0 Å². The van der Waals surface area contributed by atoms with Crippen molar-refractivity contribution < 1.29 is 4.79 Å². The van der Waals surface area contributed by atoms with Crippen LogP contribution in [0.1, 0.15) is 38.8 Å². The number of hydrogen-bond donors (Lipinski definition) is 1. The van der Waals surface area contributed by atoms with Gasteiger partial charge in [0.25, 0.3) is 5.91 Å². The number of carbonyl (C=O) groups is 1. The van der Waals surface area contributed by atoms with Crippen molar-refractivity contribution in [2.45, 2.75) is 19.5 Å². The van der Waals surface area contributed by atoms with Gasteiger partial charge in [-0.05, 0) is 36.2 Å². The fourth-order valence-electron chi connectivity index (χ4n) is 4.00. The summed E-state index contributed by atoms with van der Waals surface area (Å²) < 4.78 is 0.975. The third-order valence-corrected chi connectivity index (χ3v) is 5.92. The van der Waals surface area contributed by atoms with Crippen LogP contribution in [0.5, 0.6) is 0 Å². The molecule has 148 valence electrons. The first kappa shape index (κ1) is 18.8. The first-order valence-corrected chi connectivity index (χ1v) is 10.5. The minimum Gasteiger partial charge on any atom is -0.322 e. The fraction of sp³-hybridized carbons (Fsp3) is 0.125. The summed E-state index contributed by atoms with van der Waals surface area (Å²) in [5, 5.41) is 7.54. The maximum absolute atomic E-state index is 13.4. The summed E-state index contributed by atoms with van der Waals surface area (Å²) in [6.07, 6.45) is 3.54. The zero-order valence-electron chi connectivity index (χ0n) is 16.3. The predicted molar refractivity (Wildman–Crippen MR) is 119 cm³/mol. The molecule has 0 bridgehead atoms. The maximum atomic E-state index is 13.4. The van der Waals surface area contributed by atoms with Crippen molar-refractivity contribution in [3.05, 3.63) is 105 Å². The highest BCUT2D eigenvalue weighted by Gasteiger charge is 2.42. The number of nitrogens with zero attached hydrogens (tertiary/aromatic N) is 3. The molecule has 3 heterocycles. The summed E-state index contributed by atoms with van der Waals surface area (Å²) in [6, 6.07) is 20.0. The van der Waals surface area contributed by atoms with Gasteiger partial charge in [0.2, 0.25) is 0 Å².